The van der Waals surface area contributed by atoms with Gasteiger partial charge in [-0.2, -0.15) is 5.10 Å². The van der Waals surface area contributed by atoms with E-state index in [4.69, 9.17) is 4.74 Å². The highest BCUT2D eigenvalue weighted by atomic mass is 32.2. The van der Waals surface area contributed by atoms with Gasteiger partial charge < -0.3 is 15.4 Å². The molecule has 0 fully saturated rings. The van der Waals surface area contributed by atoms with Gasteiger partial charge in [0.1, 0.15) is 11.6 Å². The van der Waals surface area contributed by atoms with Crippen LogP contribution in [-0.2, 0) is 11.3 Å². The van der Waals surface area contributed by atoms with Crippen molar-refractivity contribution in [3.05, 3.63) is 41.8 Å². The summed E-state index contributed by atoms with van der Waals surface area (Å²) in [5.74, 6) is 0.0695. The molecule has 0 aliphatic rings. The first-order valence-corrected chi connectivity index (χ1v) is 10.5. The van der Waals surface area contributed by atoms with Crippen molar-refractivity contribution in [3.8, 4) is 0 Å². The van der Waals surface area contributed by atoms with Crippen LogP contribution in [0.3, 0.4) is 0 Å². The Morgan fingerprint density at radius 1 is 1.23 bits per heavy atom. The number of nitrogens with one attached hydrogen (secondary N) is 2. The molecular formula is C20H25FN6O2S. The van der Waals surface area contributed by atoms with Gasteiger partial charge in [-0.1, -0.05) is 25.6 Å². The lowest BCUT2D eigenvalue weighted by atomic mass is 10.2. The number of carbonyl (C=O) groups is 1. The van der Waals surface area contributed by atoms with E-state index in [0.717, 1.165) is 5.39 Å². The molecule has 3 rings (SSSR count). The molecule has 0 bridgehead atoms. The molecule has 0 atom stereocenters. The van der Waals surface area contributed by atoms with Crippen LogP contribution in [0.1, 0.15) is 24.2 Å². The SMILES string of the molecule is COCCNc1nc(SC(C)C)nc2c1cnn2CCNC(=O)c1ccc(F)cc1. The maximum absolute atomic E-state index is 13.0. The zero-order valence-corrected chi connectivity index (χ0v) is 18.0. The van der Waals surface area contributed by atoms with Crippen LogP contribution in [0.25, 0.3) is 11.0 Å². The predicted molar refractivity (Wildman–Crippen MR) is 115 cm³/mol. The highest BCUT2D eigenvalue weighted by Crippen LogP contribution is 2.26. The highest BCUT2D eigenvalue weighted by Gasteiger charge is 2.14. The number of aromatic nitrogens is 4. The molecule has 0 saturated carbocycles. The van der Waals surface area contributed by atoms with Gasteiger partial charge in [0, 0.05) is 31.0 Å². The smallest absolute Gasteiger partial charge is 0.251 e. The van der Waals surface area contributed by atoms with Gasteiger partial charge in [0.05, 0.1) is 24.7 Å². The van der Waals surface area contributed by atoms with Crippen molar-refractivity contribution in [1.29, 1.82) is 0 Å². The summed E-state index contributed by atoms with van der Waals surface area (Å²) in [6.45, 7) is 6.14. The number of amides is 1. The van der Waals surface area contributed by atoms with Crippen molar-refractivity contribution in [2.24, 2.45) is 0 Å². The van der Waals surface area contributed by atoms with E-state index in [2.05, 4.69) is 39.5 Å². The molecule has 10 heteroatoms. The summed E-state index contributed by atoms with van der Waals surface area (Å²) >= 11 is 1.57. The third kappa shape index (κ3) is 5.67. The molecular weight excluding hydrogens is 407 g/mol. The maximum atomic E-state index is 13.0. The Balaban J connectivity index is 1.73. The number of rotatable bonds is 10. The summed E-state index contributed by atoms with van der Waals surface area (Å²) in [4.78, 5) is 21.5. The largest absolute Gasteiger partial charge is 0.383 e. The molecule has 0 saturated heterocycles. The molecule has 1 aromatic carbocycles. The Morgan fingerprint density at radius 3 is 2.70 bits per heavy atom. The maximum Gasteiger partial charge on any atom is 0.251 e. The molecule has 0 aliphatic heterocycles. The Kier molecular flexibility index (Phi) is 7.58. The van der Waals surface area contributed by atoms with Crippen molar-refractivity contribution < 1.29 is 13.9 Å². The topological polar surface area (TPSA) is 94.0 Å². The van der Waals surface area contributed by atoms with Gasteiger partial charge in [0.25, 0.3) is 5.91 Å². The molecule has 3 aromatic rings. The van der Waals surface area contributed by atoms with Crippen LogP contribution in [0.2, 0.25) is 0 Å². The Bertz CT molecular complexity index is 993. The van der Waals surface area contributed by atoms with Gasteiger partial charge in [-0.15, -0.1) is 0 Å². The molecule has 0 spiro atoms. The van der Waals surface area contributed by atoms with Crippen molar-refractivity contribution in [1.82, 2.24) is 25.1 Å². The van der Waals surface area contributed by atoms with Gasteiger partial charge in [-0.3, -0.25) is 4.79 Å². The minimum atomic E-state index is -0.376. The number of hydrogen-bond donors (Lipinski definition) is 2. The summed E-state index contributed by atoms with van der Waals surface area (Å²) in [6.07, 6.45) is 1.72. The third-order valence-electron chi connectivity index (χ3n) is 4.13. The monoisotopic (exact) mass is 432 g/mol. The van der Waals surface area contributed by atoms with Gasteiger partial charge in [-0.05, 0) is 24.3 Å². The molecule has 0 aliphatic carbocycles. The van der Waals surface area contributed by atoms with Gasteiger partial charge >= 0.3 is 0 Å². The second kappa shape index (κ2) is 10.4. The van der Waals surface area contributed by atoms with E-state index in [-0.39, 0.29) is 11.7 Å². The van der Waals surface area contributed by atoms with Crippen molar-refractivity contribution >= 4 is 34.5 Å². The number of benzene rings is 1. The van der Waals surface area contributed by atoms with Gasteiger partial charge in [0.15, 0.2) is 10.8 Å². The van der Waals surface area contributed by atoms with Crippen LogP contribution >= 0.6 is 11.8 Å². The molecule has 2 N–H and O–H groups in total. The summed E-state index contributed by atoms with van der Waals surface area (Å²) in [5, 5.41) is 12.3. The number of methoxy groups -OCH3 is 1. The van der Waals surface area contributed by atoms with Gasteiger partial charge in [0.2, 0.25) is 0 Å². The van der Waals surface area contributed by atoms with E-state index in [1.807, 2.05) is 0 Å². The minimum Gasteiger partial charge on any atom is -0.383 e. The number of ether oxygens (including phenoxy) is 1. The third-order valence-corrected chi connectivity index (χ3v) is 5.00. The lowest BCUT2D eigenvalue weighted by Crippen LogP contribution is -2.27. The number of anilines is 1. The van der Waals surface area contributed by atoms with Crippen molar-refractivity contribution in [2.45, 2.75) is 30.8 Å². The number of carbonyl (C=O) groups excluding carboxylic acids is 1. The summed E-state index contributed by atoms with van der Waals surface area (Å²) < 4.78 is 19.9. The average Bonchev–Trinajstić information content (AvgIpc) is 3.11. The van der Waals surface area contributed by atoms with Crippen molar-refractivity contribution in [2.75, 3.05) is 32.1 Å². The first-order valence-electron chi connectivity index (χ1n) is 9.64. The molecule has 0 radical (unpaired) electrons. The number of nitrogens with zero attached hydrogens (tertiary/aromatic N) is 4. The lowest BCUT2D eigenvalue weighted by molar-refractivity contribution is 0.0952. The standard InChI is InChI=1S/C20H25FN6O2S/c1-13(2)30-20-25-17(22-9-11-29-3)16-12-24-27(18(16)26-20)10-8-23-19(28)14-4-6-15(21)7-5-14/h4-7,12-13H,8-11H2,1-3H3,(H,23,28)(H,22,25,26). The molecule has 1 amide bonds. The lowest BCUT2D eigenvalue weighted by Gasteiger charge is -2.11. The number of halogens is 1. The molecule has 30 heavy (non-hydrogen) atoms. The van der Waals surface area contributed by atoms with Crippen LogP contribution in [0, 0.1) is 5.82 Å². The minimum absolute atomic E-state index is 0.265. The zero-order valence-electron chi connectivity index (χ0n) is 17.2. The van der Waals surface area contributed by atoms with E-state index >= 15 is 0 Å². The quantitative estimate of drug-likeness (QED) is 0.289. The second-order valence-electron chi connectivity index (χ2n) is 6.81. The molecule has 2 aromatic heterocycles. The van der Waals surface area contributed by atoms with Gasteiger partial charge in [-0.25, -0.2) is 19.0 Å². The predicted octanol–water partition coefficient (Wildman–Crippen LogP) is 2.95. The average molecular weight is 433 g/mol. The number of hydrogen-bond acceptors (Lipinski definition) is 7. The normalized spacial score (nSPS) is 11.2. The molecule has 0 unspecified atom stereocenters. The number of fused-ring (bicyclic) bond motifs is 1. The highest BCUT2D eigenvalue weighted by molar-refractivity contribution is 7.99. The molecule has 160 valence electrons. The fourth-order valence-electron chi connectivity index (χ4n) is 2.75. The summed E-state index contributed by atoms with van der Waals surface area (Å²) in [5.41, 5.74) is 1.10. The summed E-state index contributed by atoms with van der Waals surface area (Å²) in [6, 6.07) is 5.43. The first kappa shape index (κ1) is 22.0. The zero-order chi connectivity index (χ0) is 21.5. The van der Waals surface area contributed by atoms with E-state index in [1.165, 1.54) is 24.3 Å². The Hall–Kier alpha value is -2.72. The Morgan fingerprint density at radius 2 is 2.00 bits per heavy atom. The second-order valence-corrected chi connectivity index (χ2v) is 8.35. The fourth-order valence-corrected chi connectivity index (χ4v) is 3.45. The van der Waals surface area contributed by atoms with Crippen LogP contribution in [0.5, 0.6) is 0 Å². The van der Waals surface area contributed by atoms with Crippen molar-refractivity contribution in [3.63, 3.8) is 0 Å². The van der Waals surface area contributed by atoms with E-state index in [1.54, 1.807) is 29.8 Å². The molecule has 2 heterocycles. The summed E-state index contributed by atoms with van der Waals surface area (Å²) in [7, 11) is 1.65. The number of thioether (sulfide) groups is 1. The van der Waals surface area contributed by atoms with Crippen LogP contribution < -0.4 is 10.6 Å². The van der Waals surface area contributed by atoms with Crippen LogP contribution in [0.4, 0.5) is 10.2 Å². The Labute approximate surface area is 178 Å². The first-order chi connectivity index (χ1) is 14.5. The van der Waals surface area contributed by atoms with Crippen LogP contribution in [0.15, 0.2) is 35.6 Å². The van der Waals surface area contributed by atoms with E-state index in [9.17, 15) is 9.18 Å². The molecule has 8 nitrogen and oxygen atoms in total. The van der Waals surface area contributed by atoms with E-state index in [0.29, 0.717) is 53.7 Å². The van der Waals surface area contributed by atoms with Crippen LogP contribution in [-0.4, -0.2) is 57.7 Å². The van der Waals surface area contributed by atoms with E-state index < -0.39 is 0 Å². The fraction of sp³-hybridized carbons (Fsp3) is 0.400.